The van der Waals surface area contributed by atoms with Crippen LogP contribution in [0, 0.1) is 0 Å². The van der Waals surface area contributed by atoms with Crippen molar-refractivity contribution in [2.75, 3.05) is 13.1 Å². The summed E-state index contributed by atoms with van der Waals surface area (Å²) in [5.74, 6) is -0.413. The fourth-order valence-corrected chi connectivity index (χ4v) is 3.16. The third kappa shape index (κ3) is 3.20. The molecule has 1 aliphatic heterocycles. The smallest absolute Gasteiger partial charge is 0.277 e. The molecule has 0 unspecified atom stereocenters. The van der Waals surface area contributed by atoms with E-state index in [0.29, 0.717) is 30.9 Å². The zero-order valence-electron chi connectivity index (χ0n) is 14.6. The van der Waals surface area contributed by atoms with E-state index >= 15 is 0 Å². The summed E-state index contributed by atoms with van der Waals surface area (Å²) in [6.45, 7) is 5.46. The molecule has 0 fully saturated rings. The average Bonchev–Trinajstić information content (AvgIpc) is 2.91. The van der Waals surface area contributed by atoms with E-state index in [1.807, 2.05) is 79.4 Å². The number of nitrogens with zero attached hydrogens (tertiary/aromatic N) is 2. The first-order chi connectivity index (χ1) is 12.2. The van der Waals surface area contributed by atoms with E-state index in [2.05, 4.69) is 0 Å². The molecule has 0 saturated carbocycles. The van der Waals surface area contributed by atoms with Gasteiger partial charge in [0.2, 0.25) is 0 Å². The Morgan fingerprint density at radius 2 is 1.44 bits per heavy atom. The fourth-order valence-electron chi connectivity index (χ4n) is 3.16. The Kier molecular flexibility index (Phi) is 4.98. The Hall–Kier alpha value is -2.88. The van der Waals surface area contributed by atoms with Gasteiger partial charge in [0.15, 0.2) is 0 Å². The lowest BCUT2D eigenvalue weighted by Crippen LogP contribution is -2.34. The molecule has 0 bridgehead atoms. The number of likely N-dealkylation sites (N-methyl/N-ethyl adjacent to an activating group) is 2. The second kappa shape index (κ2) is 7.34. The van der Waals surface area contributed by atoms with Gasteiger partial charge in [-0.25, -0.2) is 0 Å². The summed E-state index contributed by atoms with van der Waals surface area (Å²) in [5, 5.41) is 0. The Balaban J connectivity index is 2.07. The minimum absolute atomic E-state index is 0.205. The number of rotatable bonds is 6. The quantitative estimate of drug-likeness (QED) is 0.761. The molecule has 1 heterocycles. The lowest BCUT2D eigenvalue weighted by molar-refractivity contribution is -0.137. The summed E-state index contributed by atoms with van der Waals surface area (Å²) >= 11 is 0. The van der Waals surface area contributed by atoms with Gasteiger partial charge in [0.1, 0.15) is 5.70 Å². The number of hydrogen-bond donors (Lipinski definition) is 0. The van der Waals surface area contributed by atoms with Gasteiger partial charge in [-0.15, -0.1) is 0 Å². The van der Waals surface area contributed by atoms with E-state index in [1.54, 1.807) is 0 Å². The summed E-state index contributed by atoms with van der Waals surface area (Å²) in [6, 6.07) is 19.5. The molecule has 4 nitrogen and oxygen atoms in total. The summed E-state index contributed by atoms with van der Waals surface area (Å²) in [5.41, 5.74) is 2.91. The Bertz CT molecular complexity index is 797. The third-order valence-corrected chi connectivity index (χ3v) is 4.44. The summed E-state index contributed by atoms with van der Waals surface area (Å²) in [4.78, 5) is 29.1. The van der Waals surface area contributed by atoms with Crippen LogP contribution in [0.2, 0.25) is 0 Å². The molecule has 0 atom stereocenters. The van der Waals surface area contributed by atoms with E-state index in [-0.39, 0.29) is 11.8 Å². The van der Waals surface area contributed by atoms with Crippen molar-refractivity contribution in [3.05, 3.63) is 77.5 Å². The maximum absolute atomic E-state index is 12.9. The zero-order chi connectivity index (χ0) is 17.8. The van der Waals surface area contributed by atoms with Crippen molar-refractivity contribution in [1.82, 2.24) is 9.80 Å². The third-order valence-electron chi connectivity index (χ3n) is 4.44. The first kappa shape index (κ1) is 17.0. The summed E-state index contributed by atoms with van der Waals surface area (Å²) in [7, 11) is 0. The van der Waals surface area contributed by atoms with Crippen molar-refractivity contribution >= 4 is 17.4 Å². The van der Waals surface area contributed by atoms with Crippen LogP contribution in [0.1, 0.15) is 25.0 Å². The highest BCUT2D eigenvalue weighted by Gasteiger charge is 2.40. The Labute approximate surface area is 148 Å². The number of carbonyl (C=O) groups excluding carboxylic acids is 2. The molecular weight excluding hydrogens is 312 g/mol. The lowest BCUT2D eigenvalue weighted by atomic mass is 10.0. The number of hydrogen-bond acceptors (Lipinski definition) is 3. The van der Waals surface area contributed by atoms with Gasteiger partial charge < -0.3 is 4.90 Å². The highest BCUT2D eigenvalue weighted by molar-refractivity contribution is 6.35. The minimum Gasteiger partial charge on any atom is -0.362 e. The molecule has 0 N–H and O–H groups in total. The number of amides is 2. The van der Waals surface area contributed by atoms with Gasteiger partial charge in [-0.3, -0.25) is 14.5 Å². The topological polar surface area (TPSA) is 40.6 Å². The number of carbonyl (C=O) groups is 2. The normalized spacial score (nSPS) is 14.4. The maximum atomic E-state index is 12.9. The van der Waals surface area contributed by atoms with Crippen molar-refractivity contribution in [3.63, 3.8) is 0 Å². The van der Waals surface area contributed by atoms with E-state index in [1.165, 1.54) is 4.90 Å². The molecule has 25 heavy (non-hydrogen) atoms. The van der Waals surface area contributed by atoms with E-state index < -0.39 is 0 Å². The second-order valence-corrected chi connectivity index (χ2v) is 5.94. The first-order valence-corrected chi connectivity index (χ1v) is 8.62. The second-order valence-electron chi connectivity index (χ2n) is 5.94. The zero-order valence-corrected chi connectivity index (χ0v) is 14.6. The van der Waals surface area contributed by atoms with Gasteiger partial charge in [0.25, 0.3) is 11.8 Å². The average molecular weight is 334 g/mol. The van der Waals surface area contributed by atoms with Crippen molar-refractivity contribution in [1.29, 1.82) is 0 Å². The highest BCUT2D eigenvalue weighted by atomic mass is 16.2. The van der Waals surface area contributed by atoms with Crippen LogP contribution in [0.3, 0.4) is 0 Å². The molecular formula is C21H22N2O2. The van der Waals surface area contributed by atoms with Crippen LogP contribution in [0.4, 0.5) is 0 Å². The van der Waals surface area contributed by atoms with E-state index in [0.717, 1.165) is 11.1 Å². The molecule has 2 aromatic carbocycles. The molecule has 0 aliphatic carbocycles. The van der Waals surface area contributed by atoms with Crippen LogP contribution >= 0.6 is 0 Å². The predicted molar refractivity (Wildman–Crippen MR) is 98.3 cm³/mol. The van der Waals surface area contributed by atoms with Gasteiger partial charge in [0, 0.05) is 19.6 Å². The van der Waals surface area contributed by atoms with Gasteiger partial charge in [-0.05, 0) is 25.0 Å². The molecule has 2 amide bonds. The van der Waals surface area contributed by atoms with Gasteiger partial charge in [-0.2, -0.15) is 0 Å². The highest BCUT2D eigenvalue weighted by Crippen LogP contribution is 2.32. The van der Waals surface area contributed by atoms with Gasteiger partial charge >= 0.3 is 0 Å². The molecule has 2 aromatic rings. The van der Waals surface area contributed by atoms with Crippen molar-refractivity contribution in [2.24, 2.45) is 0 Å². The molecule has 3 rings (SSSR count). The lowest BCUT2D eigenvalue weighted by Gasteiger charge is -2.24. The number of benzene rings is 2. The molecule has 0 saturated heterocycles. The Morgan fingerprint density at radius 1 is 0.840 bits per heavy atom. The summed E-state index contributed by atoms with van der Waals surface area (Å²) < 4.78 is 0. The van der Waals surface area contributed by atoms with Crippen molar-refractivity contribution in [3.8, 4) is 0 Å². The SMILES string of the molecule is CCN(Cc1ccccc1)C1=C(c2ccccc2)C(=O)N(CC)C1=O. The standard InChI is InChI=1S/C21H22N2O2/c1-3-22(15-16-11-7-5-8-12-16)19-18(17-13-9-6-10-14-17)20(24)23(4-2)21(19)25/h5-14H,3-4,15H2,1-2H3. The van der Waals surface area contributed by atoms with Crippen LogP contribution in [0.15, 0.2) is 66.4 Å². The largest absolute Gasteiger partial charge is 0.362 e. The monoisotopic (exact) mass is 334 g/mol. The van der Waals surface area contributed by atoms with Gasteiger partial charge in [-0.1, -0.05) is 60.7 Å². The molecule has 1 aliphatic rings. The van der Waals surface area contributed by atoms with E-state index in [4.69, 9.17) is 0 Å². The van der Waals surface area contributed by atoms with Crippen LogP contribution in [-0.2, 0) is 16.1 Å². The predicted octanol–water partition coefficient (Wildman–Crippen LogP) is 3.31. The Morgan fingerprint density at radius 3 is 2.00 bits per heavy atom. The van der Waals surface area contributed by atoms with Crippen LogP contribution in [-0.4, -0.2) is 34.7 Å². The summed E-state index contributed by atoms with van der Waals surface area (Å²) in [6.07, 6.45) is 0. The molecule has 0 radical (unpaired) electrons. The van der Waals surface area contributed by atoms with Gasteiger partial charge in [0.05, 0.1) is 5.57 Å². The molecule has 4 heteroatoms. The minimum atomic E-state index is -0.208. The van der Waals surface area contributed by atoms with Crippen LogP contribution < -0.4 is 0 Å². The molecule has 0 aromatic heterocycles. The van der Waals surface area contributed by atoms with E-state index in [9.17, 15) is 9.59 Å². The molecule has 0 spiro atoms. The van der Waals surface area contributed by atoms with Crippen LogP contribution in [0.5, 0.6) is 0 Å². The van der Waals surface area contributed by atoms with Crippen molar-refractivity contribution < 1.29 is 9.59 Å². The van der Waals surface area contributed by atoms with Crippen LogP contribution in [0.25, 0.3) is 5.57 Å². The first-order valence-electron chi connectivity index (χ1n) is 8.62. The number of imide groups is 1. The van der Waals surface area contributed by atoms with Crippen molar-refractivity contribution in [2.45, 2.75) is 20.4 Å². The molecule has 128 valence electrons. The maximum Gasteiger partial charge on any atom is 0.277 e. The fraction of sp³-hybridized carbons (Fsp3) is 0.238.